The van der Waals surface area contributed by atoms with E-state index < -0.39 is 5.41 Å². The van der Waals surface area contributed by atoms with Gasteiger partial charge >= 0.3 is 0 Å². The molecule has 1 fully saturated rings. The topological polar surface area (TPSA) is 87.3 Å². The van der Waals surface area contributed by atoms with Gasteiger partial charge in [-0.25, -0.2) is 0 Å². The third-order valence-corrected chi connectivity index (χ3v) is 7.12. The smallest absolute Gasteiger partial charge is 0.274 e. The number of fused-ring (bicyclic) bond motifs is 1. The van der Waals surface area contributed by atoms with E-state index in [9.17, 15) is 9.59 Å². The maximum absolute atomic E-state index is 13.3. The zero-order chi connectivity index (χ0) is 23.3. The summed E-state index contributed by atoms with van der Waals surface area (Å²) < 4.78 is 5.97. The van der Waals surface area contributed by atoms with E-state index in [4.69, 9.17) is 4.74 Å². The maximum Gasteiger partial charge on any atom is 0.274 e. The number of nitrogens with zero attached hydrogens (tertiary/aromatic N) is 2. The number of aryl methyl sites for hydroxylation is 1. The van der Waals surface area contributed by atoms with Gasteiger partial charge in [0.1, 0.15) is 11.4 Å². The van der Waals surface area contributed by atoms with Crippen LogP contribution in [0.4, 0.5) is 0 Å². The summed E-state index contributed by atoms with van der Waals surface area (Å²) in [7, 11) is 0. The van der Waals surface area contributed by atoms with Gasteiger partial charge in [0.15, 0.2) is 0 Å². The van der Waals surface area contributed by atoms with Crippen molar-refractivity contribution in [3.63, 3.8) is 0 Å². The Labute approximate surface area is 196 Å². The number of aromatic amines is 1. The average molecular weight is 453 g/mol. The Hall–Kier alpha value is -2.83. The molecule has 1 saturated heterocycles. The molecule has 33 heavy (non-hydrogen) atoms. The summed E-state index contributed by atoms with van der Waals surface area (Å²) >= 11 is 0. The molecule has 0 aliphatic carbocycles. The summed E-state index contributed by atoms with van der Waals surface area (Å²) in [5.41, 5.74) is 2.27. The van der Waals surface area contributed by atoms with Crippen molar-refractivity contribution in [1.82, 2.24) is 20.4 Å². The summed E-state index contributed by atoms with van der Waals surface area (Å²) in [6.07, 6.45) is 5.96. The van der Waals surface area contributed by atoms with Crippen molar-refractivity contribution >= 4 is 11.8 Å². The molecule has 0 unspecified atom stereocenters. The number of rotatable bonds is 2. The standard InChI is InChI=1S/C26H36N4O3/c1-19(2)21-18-22(29-28-21)24(31)30-15-12-26(13-16-30)11-6-5-9-20-8-3-4-10-23(20)33-17-7-14-27-25(26)32/h3-4,8,10,18-19H,5-7,9,11-17H2,1-2H3,(H,27,32)(H,28,29). The van der Waals surface area contributed by atoms with Crippen LogP contribution in [0.1, 0.15) is 80.0 Å². The minimum atomic E-state index is -0.403. The lowest BCUT2D eigenvalue weighted by molar-refractivity contribution is -0.134. The van der Waals surface area contributed by atoms with Gasteiger partial charge in [0.25, 0.3) is 5.91 Å². The van der Waals surface area contributed by atoms with Crippen LogP contribution in [0.15, 0.2) is 30.3 Å². The van der Waals surface area contributed by atoms with Gasteiger partial charge < -0.3 is 15.0 Å². The summed E-state index contributed by atoms with van der Waals surface area (Å²) in [6, 6.07) is 10.1. The van der Waals surface area contributed by atoms with E-state index in [1.54, 1.807) is 0 Å². The maximum atomic E-state index is 13.3. The molecule has 1 spiro atoms. The van der Waals surface area contributed by atoms with Crippen LogP contribution in [0.25, 0.3) is 0 Å². The van der Waals surface area contributed by atoms with Crippen molar-refractivity contribution in [2.45, 2.75) is 64.7 Å². The van der Waals surface area contributed by atoms with Crippen molar-refractivity contribution in [2.75, 3.05) is 26.2 Å². The van der Waals surface area contributed by atoms with Crippen molar-refractivity contribution in [3.8, 4) is 5.75 Å². The van der Waals surface area contributed by atoms with Gasteiger partial charge in [0, 0.05) is 25.3 Å². The molecule has 7 heteroatoms. The fourth-order valence-corrected chi connectivity index (χ4v) is 4.91. The average Bonchev–Trinajstić information content (AvgIpc) is 3.33. The van der Waals surface area contributed by atoms with Gasteiger partial charge in [0.05, 0.1) is 12.0 Å². The van der Waals surface area contributed by atoms with Crippen LogP contribution in [-0.2, 0) is 11.2 Å². The number of hydrogen-bond acceptors (Lipinski definition) is 4. The Balaban J connectivity index is 1.41. The summed E-state index contributed by atoms with van der Waals surface area (Å²) in [5, 5.41) is 10.3. The van der Waals surface area contributed by atoms with E-state index in [1.807, 2.05) is 23.1 Å². The molecule has 178 valence electrons. The largest absolute Gasteiger partial charge is 0.493 e. The lowest BCUT2D eigenvalue weighted by Crippen LogP contribution is -2.50. The molecule has 1 aromatic carbocycles. The van der Waals surface area contributed by atoms with E-state index in [0.29, 0.717) is 50.7 Å². The lowest BCUT2D eigenvalue weighted by atomic mass is 9.73. The molecule has 0 radical (unpaired) electrons. The molecule has 0 saturated carbocycles. The quantitative estimate of drug-likeness (QED) is 0.719. The molecule has 2 aliphatic rings. The first-order chi connectivity index (χ1) is 16.0. The zero-order valence-corrected chi connectivity index (χ0v) is 19.9. The lowest BCUT2D eigenvalue weighted by Gasteiger charge is -2.40. The Kier molecular flexibility index (Phi) is 7.36. The Morgan fingerprint density at radius 1 is 1.12 bits per heavy atom. The molecule has 2 aliphatic heterocycles. The van der Waals surface area contributed by atoms with E-state index in [0.717, 1.165) is 43.5 Å². The number of carbonyl (C=O) groups excluding carboxylic acids is 2. The highest BCUT2D eigenvalue weighted by Crippen LogP contribution is 2.38. The number of nitrogens with one attached hydrogen (secondary N) is 2. The van der Waals surface area contributed by atoms with Crippen molar-refractivity contribution in [2.24, 2.45) is 5.41 Å². The van der Waals surface area contributed by atoms with Gasteiger partial charge in [-0.2, -0.15) is 5.10 Å². The normalized spacial score (nSPS) is 19.6. The van der Waals surface area contributed by atoms with E-state index in [2.05, 4.69) is 41.5 Å². The van der Waals surface area contributed by atoms with Crippen molar-refractivity contribution in [3.05, 3.63) is 47.3 Å². The van der Waals surface area contributed by atoms with Crippen LogP contribution < -0.4 is 10.1 Å². The highest BCUT2D eigenvalue weighted by molar-refractivity contribution is 5.92. The molecular formula is C26H36N4O3. The fourth-order valence-electron chi connectivity index (χ4n) is 4.91. The van der Waals surface area contributed by atoms with Gasteiger partial charge in [-0.1, -0.05) is 38.5 Å². The van der Waals surface area contributed by atoms with Crippen LogP contribution >= 0.6 is 0 Å². The van der Waals surface area contributed by atoms with Crippen LogP contribution in [0.3, 0.4) is 0 Å². The molecule has 0 bridgehead atoms. The molecule has 1 aromatic heterocycles. The SMILES string of the molecule is CC(C)c1cc(C(=O)N2CCC3(CCCCc4ccccc4OCCCNC3=O)CC2)n[nH]1. The molecule has 3 heterocycles. The predicted molar refractivity (Wildman–Crippen MR) is 127 cm³/mol. The number of aromatic nitrogens is 2. The third-order valence-electron chi connectivity index (χ3n) is 7.12. The number of benzene rings is 1. The number of para-hydroxylation sites is 1. The highest BCUT2D eigenvalue weighted by atomic mass is 16.5. The first-order valence-corrected chi connectivity index (χ1v) is 12.3. The molecular weight excluding hydrogens is 416 g/mol. The second kappa shape index (κ2) is 10.4. The monoisotopic (exact) mass is 452 g/mol. The van der Waals surface area contributed by atoms with E-state index in [-0.39, 0.29) is 11.8 Å². The van der Waals surface area contributed by atoms with E-state index in [1.165, 1.54) is 5.56 Å². The first-order valence-electron chi connectivity index (χ1n) is 12.3. The van der Waals surface area contributed by atoms with E-state index >= 15 is 0 Å². The van der Waals surface area contributed by atoms with Crippen LogP contribution in [0.2, 0.25) is 0 Å². The molecule has 2 amide bonds. The van der Waals surface area contributed by atoms with Gasteiger partial charge in [-0.3, -0.25) is 14.7 Å². The number of piperidine rings is 1. The molecule has 0 atom stereocenters. The zero-order valence-electron chi connectivity index (χ0n) is 19.9. The predicted octanol–water partition coefficient (Wildman–Crippen LogP) is 4.07. The number of carbonyl (C=O) groups is 2. The number of ether oxygens (including phenoxy) is 1. The summed E-state index contributed by atoms with van der Waals surface area (Å²) in [4.78, 5) is 28.1. The number of likely N-dealkylation sites (tertiary alicyclic amines) is 1. The second-order valence-electron chi connectivity index (χ2n) is 9.71. The van der Waals surface area contributed by atoms with Crippen LogP contribution in [0.5, 0.6) is 5.75 Å². The number of H-pyrrole nitrogens is 1. The van der Waals surface area contributed by atoms with Gasteiger partial charge in [-0.15, -0.1) is 0 Å². The van der Waals surface area contributed by atoms with Crippen molar-refractivity contribution < 1.29 is 14.3 Å². The van der Waals surface area contributed by atoms with Crippen molar-refractivity contribution in [1.29, 1.82) is 0 Å². The Bertz CT molecular complexity index is 960. The fraction of sp³-hybridized carbons (Fsp3) is 0.577. The minimum absolute atomic E-state index is 0.0493. The third kappa shape index (κ3) is 5.40. The number of amides is 2. The second-order valence-corrected chi connectivity index (χ2v) is 9.71. The Morgan fingerprint density at radius 2 is 1.91 bits per heavy atom. The van der Waals surface area contributed by atoms with Crippen LogP contribution in [0, 0.1) is 5.41 Å². The minimum Gasteiger partial charge on any atom is -0.493 e. The molecule has 2 aromatic rings. The number of hydrogen-bond donors (Lipinski definition) is 2. The molecule has 2 N–H and O–H groups in total. The highest BCUT2D eigenvalue weighted by Gasteiger charge is 2.42. The van der Waals surface area contributed by atoms with Gasteiger partial charge in [0.2, 0.25) is 5.91 Å². The molecule has 7 nitrogen and oxygen atoms in total. The Morgan fingerprint density at radius 3 is 2.67 bits per heavy atom. The first kappa shape index (κ1) is 23.3. The summed E-state index contributed by atoms with van der Waals surface area (Å²) in [6.45, 7) is 6.51. The van der Waals surface area contributed by atoms with Gasteiger partial charge in [-0.05, 0) is 62.1 Å². The van der Waals surface area contributed by atoms with Crippen LogP contribution in [-0.4, -0.2) is 53.2 Å². The summed E-state index contributed by atoms with van der Waals surface area (Å²) in [5.74, 6) is 1.34. The molecule has 4 rings (SSSR count).